The second-order valence-electron chi connectivity index (χ2n) is 7.67. The molecular formula is C24H24ClN7O6. The van der Waals surface area contributed by atoms with Crippen LogP contribution < -0.4 is 16.0 Å². The molecular weight excluding hydrogens is 518 g/mol. The van der Waals surface area contributed by atoms with E-state index in [0.717, 1.165) is 0 Å². The van der Waals surface area contributed by atoms with Crippen molar-refractivity contribution in [3.8, 4) is 5.69 Å². The quantitative estimate of drug-likeness (QED) is 0.258. The van der Waals surface area contributed by atoms with E-state index in [4.69, 9.17) is 16.3 Å². The van der Waals surface area contributed by atoms with E-state index in [9.17, 15) is 19.2 Å². The standard InChI is InChI=1S/C24H24ClN7O6/c1-15(27-21(33)10-3-16-13-17(25)4-9-20(16)32-14-26-30-31-32)23(35)28-18-5-7-19(8-6-18)29-24(36)38-12-11-22(34)37-2/h3-10,13-15H,11-12H2,1-2H3,(H,27,33)(H,28,35)(H,29,36)/b10-3+/t15-/m0/s1. The Labute approximate surface area is 222 Å². The normalized spacial score (nSPS) is 11.4. The average molecular weight is 542 g/mol. The van der Waals surface area contributed by atoms with Gasteiger partial charge in [-0.05, 0) is 65.9 Å². The molecule has 3 N–H and O–H groups in total. The second-order valence-corrected chi connectivity index (χ2v) is 8.11. The van der Waals surface area contributed by atoms with E-state index >= 15 is 0 Å². The number of anilines is 2. The summed E-state index contributed by atoms with van der Waals surface area (Å²) in [7, 11) is 1.24. The Kier molecular flexibility index (Phi) is 9.88. The van der Waals surface area contributed by atoms with Gasteiger partial charge < -0.3 is 20.1 Å². The Morgan fingerprint density at radius 2 is 1.79 bits per heavy atom. The highest BCUT2D eigenvalue weighted by Crippen LogP contribution is 2.20. The minimum atomic E-state index is -0.854. The van der Waals surface area contributed by atoms with Crippen molar-refractivity contribution in [1.82, 2.24) is 25.5 Å². The maximum absolute atomic E-state index is 12.5. The summed E-state index contributed by atoms with van der Waals surface area (Å²) in [4.78, 5) is 47.7. The Bertz CT molecular complexity index is 1310. The monoisotopic (exact) mass is 541 g/mol. The van der Waals surface area contributed by atoms with Gasteiger partial charge in [0.25, 0.3) is 0 Å². The van der Waals surface area contributed by atoms with Crippen molar-refractivity contribution in [1.29, 1.82) is 0 Å². The number of carbonyl (C=O) groups is 4. The van der Waals surface area contributed by atoms with Crippen LogP contribution in [0, 0.1) is 0 Å². The van der Waals surface area contributed by atoms with Crippen LogP contribution in [-0.4, -0.2) is 63.8 Å². The molecule has 0 aliphatic carbocycles. The van der Waals surface area contributed by atoms with Crippen molar-refractivity contribution in [2.45, 2.75) is 19.4 Å². The van der Waals surface area contributed by atoms with Crippen molar-refractivity contribution in [3.63, 3.8) is 0 Å². The molecule has 1 heterocycles. The number of nitrogens with zero attached hydrogens (tertiary/aromatic N) is 4. The number of methoxy groups -OCH3 is 1. The number of ether oxygens (including phenoxy) is 2. The molecule has 0 spiro atoms. The van der Waals surface area contributed by atoms with Gasteiger partial charge in [0.15, 0.2) is 0 Å². The fourth-order valence-electron chi connectivity index (χ4n) is 3.00. The first kappa shape index (κ1) is 27.8. The molecule has 0 bridgehead atoms. The van der Waals surface area contributed by atoms with Gasteiger partial charge in [-0.1, -0.05) is 11.6 Å². The van der Waals surface area contributed by atoms with Gasteiger partial charge in [0.1, 0.15) is 19.0 Å². The first-order valence-electron chi connectivity index (χ1n) is 11.2. The highest BCUT2D eigenvalue weighted by molar-refractivity contribution is 6.30. The highest BCUT2D eigenvalue weighted by Gasteiger charge is 2.15. The molecule has 38 heavy (non-hydrogen) atoms. The number of hydrogen-bond acceptors (Lipinski definition) is 9. The molecule has 0 saturated carbocycles. The summed E-state index contributed by atoms with van der Waals surface area (Å²) >= 11 is 6.08. The summed E-state index contributed by atoms with van der Waals surface area (Å²) in [6, 6.07) is 10.4. The number of benzene rings is 2. The summed E-state index contributed by atoms with van der Waals surface area (Å²) < 4.78 is 10.8. The lowest BCUT2D eigenvalue weighted by Crippen LogP contribution is -2.40. The molecule has 14 heteroatoms. The Morgan fingerprint density at radius 1 is 1.08 bits per heavy atom. The molecule has 0 radical (unpaired) electrons. The largest absolute Gasteiger partial charge is 0.469 e. The summed E-state index contributed by atoms with van der Waals surface area (Å²) in [5.74, 6) is -1.44. The number of halogens is 1. The van der Waals surface area contributed by atoms with Crippen LogP contribution in [0.5, 0.6) is 0 Å². The van der Waals surface area contributed by atoms with Crippen molar-refractivity contribution < 1.29 is 28.7 Å². The number of tetrazole rings is 1. The van der Waals surface area contributed by atoms with E-state index < -0.39 is 29.9 Å². The molecule has 3 amide bonds. The first-order chi connectivity index (χ1) is 18.2. The third kappa shape index (κ3) is 8.41. The fraction of sp³-hybridized carbons (Fsp3) is 0.208. The van der Waals surface area contributed by atoms with Crippen LogP contribution in [0.4, 0.5) is 16.2 Å². The van der Waals surface area contributed by atoms with Crippen molar-refractivity contribution >= 4 is 52.9 Å². The topological polar surface area (TPSA) is 166 Å². The average Bonchev–Trinajstić information content (AvgIpc) is 3.43. The molecule has 1 aromatic heterocycles. The minimum absolute atomic E-state index is 0.0538. The van der Waals surface area contributed by atoms with E-state index in [0.29, 0.717) is 27.6 Å². The van der Waals surface area contributed by atoms with Gasteiger partial charge >= 0.3 is 12.1 Å². The van der Waals surface area contributed by atoms with Gasteiger partial charge in [0.05, 0.1) is 19.2 Å². The zero-order valence-electron chi connectivity index (χ0n) is 20.4. The Morgan fingerprint density at radius 3 is 2.45 bits per heavy atom. The molecule has 3 rings (SSSR count). The molecule has 13 nitrogen and oxygen atoms in total. The molecule has 0 unspecified atom stereocenters. The number of aromatic nitrogens is 4. The predicted octanol–water partition coefficient (Wildman–Crippen LogP) is 2.58. The maximum Gasteiger partial charge on any atom is 0.411 e. The predicted molar refractivity (Wildman–Crippen MR) is 137 cm³/mol. The number of hydrogen-bond donors (Lipinski definition) is 3. The molecule has 2 aromatic carbocycles. The number of esters is 1. The molecule has 1 atom stereocenters. The lowest BCUT2D eigenvalue weighted by atomic mass is 10.1. The van der Waals surface area contributed by atoms with Crippen LogP contribution in [-0.2, 0) is 23.9 Å². The summed E-state index contributed by atoms with van der Waals surface area (Å²) in [6.07, 6.45) is 3.43. The Balaban J connectivity index is 1.49. The maximum atomic E-state index is 12.5. The molecule has 0 aliphatic rings. The van der Waals surface area contributed by atoms with E-state index in [2.05, 4.69) is 36.2 Å². The highest BCUT2D eigenvalue weighted by atomic mass is 35.5. The smallest absolute Gasteiger partial charge is 0.411 e. The van der Waals surface area contributed by atoms with Crippen molar-refractivity contribution in [2.24, 2.45) is 0 Å². The van der Waals surface area contributed by atoms with Crippen LogP contribution in [0.15, 0.2) is 54.9 Å². The molecule has 0 aliphatic heterocycles. The van der Waals surface area contributed by atoms with Gasteiger partial charge in [0, 0.05) is 28.0 Å². The molecule has 0 saturated heterocycles. The van der Waals surface area contributed by atoms with E-state index in [1.165, 1.54) is 37.2 Å². The molecule has 3 aromatic rings. The van der Waals surface area contributed by atoms with Crippen LogP contribution in [0.3, 0.4) is 0 Å². The van der Waals surface area contributed by atoms with Gasteiger partial charge in [-0.25, -0.2) is 4.79 Å². The van der Waals surface area contributed by atoms with E-state index in [1.54, 1.807) is 42.5 Å². The minimum Gasteiger partial charge on any atom is -0.469 e. The van der Waals surface area contributed by atoms with E-state index in [1.807, 2.05) is 0 Å². The van der Waals surface area contributed by atoms with Crippen LogP contribution in [0.25, 0.3) is 11.8 Å². The number of rotatable bonds is 10. The first-order valence-corrected chi connectivity index (χ1v) is 11.6. The third-order valence-electron chi connectivity index (χ3n) is 4.92. The van der Waals surface area contributed by atoms with Crippen LogP contribution >= 0.6 is 11.6 Å². The van der Waals surface area contributed by atoms with Gasteiger partial charge in [-0.2, -0.15) is 4.68 Å². The SMILES string of the molecule is COC(=O)CCOC(=O)Nc1ccc(NC(=O)[C@H](C)NC(=O)/C=C/c2cc(Cl)ccc2-n2cnnn2)cc1. The van der Waals surface area contributed by atoms with Crippen molar-refractivity contribution in [3.05, 3.63) is 65.5 Å². The lowest BCUT2D eigenvalue weighted by molar-refractivity contribution is -0.141. The number of amides is 3. The zero-order chi connectivity index (χ0) is 27.5. The van der Waals surface area contributed by atoms with E-state index in [-0.39, 0.29) is 13.0 Å². The number of nitrogens with one attached hydrogen (secondary N) is 3. The Hall–Kier alpha value is -4.78. The second kappa shape index (κ2) is 13.5. The summed E-state index contributed by atoms with van der Waals surface area (Å²) in [5.41, 5.74) is 2.07. The fourth-order valence-corrected chi connectivity index (χ4v) is 3.18. The summed E-state index contributed by atoms with van der Waals surface area (Å²) in [6.45, 7) is 1.41. The zero-order valence-corrected chi connectivity index (χ0v) is 21.1. The van der Waals surface area contributed by atoms with Crippen LogP contribution in [0.2, 0.25) is 5.02 Å². The van der Waals surface area contributed by atoms with Crippen molar-refractivity contribution in [2.75, 3.05) is 24.4 Å². The lowest BCUT2D eigenvalue weighted by Gasteiger charge is -2.13. The third-order valence-corrected chi connectivity index (χ3v) is 5.15. The van der Waals surface area contributed by atoms with Crippen LogP contribution in [0.1, 0.15) is 18.9 Å². The number of carbonyl (C=O) groups excluding carboxylic acids is 4. The van der Waals surface area contributed by atoms with Gasteiger partial charge in [-0.15, -0.1) is 5.10 Å². The van der Waals surface area contributed by atoms with Gasteiger partial charge in [-0.3, -0.25) is 19.7 Å². The molecule has 0 fully saturated rings. The molecule has 198 valence electrons. The summed E-state index contributed by atoms with van der Waals surface area (Å²) in [5, 5.41) is 19.3. The van der Waals surface area contributed by atoms with Gasteiger partial charge in [0.2, 0.25) is 11.8 Å².